The molecule has 1 saturated heterocycles. The molecule has 1 fully saturated rings. The molecule has 0 N–H and O–H groups in total. The van der Waals surface area contributed by atoms with Gasteiger partial charge in [0.1, 0.15) is 0 Å². The van der Waals surface area contributed by atoms with Crippen LogP contribution in [-0.2, 0) is 9.47 Å². The van der Waals surface area contributed by atoms with Gasteiger partial charge in [-0.05, 0) is 25.8 Å². The monoisotopic (exact) mass is 303 g/mol. The summed E-state index contributed by atoms with van der Waals surface area (Å²) in [5.74, 6) is 0.632. The van der Waals surface area contributed by atoms with Crippen molar-refractivity contribution in [1.82, 2.24) is 4.90 Å². The van der Waals surface area contributed by atoms with Crippen LogP contribution in [0.2, 0.25) is 0 Å². The first-order valence-electron chi connectivity index (χ1n) is 6.47. The van der Waals surface area contributed by atoms with Crippen molar-refractivity contribution in [3.63, 3.8) is 0 Å². The van der Waals surface area contributed by atoms with Crippen LogP contribution >= 0.6 is 15.9 Å². The predicted molar refractivity (Wildman–Crippen MR) is 72.1 cm³/mol. The maximum Gasteiger partial charge on any atom is 0.157 e. The zero-order valence-corrected chi connectivity index (χ0v) is 12.3. The Balaban J connectivity index is 1.83. The number of rotatable bonds is 3. The Labute approximate surface area is 112 Å². The second kappa shape index (κ2) is 6.32. The van der Waals surface area contributed by atoms with Crippen molar-refractivity contribution < 1.29 is 9.47 Å². The molecule has 0 saturated carbocycles. The van der Waals surface area contributed by atoms with E-state index in [-0.39, 0.29) is 6.29 Å². The molecule has 2 aliphatic rings. The van der Waals surface area contributed by atoms with Gasteiger partial charge in [0.15, 0.2) is 6.29 Å². The number of halogens is 1. The summed E-state index contributed by atoms with van der Waals surface area (Å²) in [7, 11) is 2.19. The average Bonchev–Trinajstić information content (AvgIpc) is 2.29. The molecule has 4 heteroatoms. The molecule has 98 valence electrons. The fraction of sp³-hybridized carbons (Fsp3) is 0.846. The molecular weight excluding hydrogens is 282 g/mol. The Morgan fingerprint density at radius 1 is 1.35 bits per heavy atom. The number of nitrogens with zero attached hydrogens (tertiary/aromatic N) is 1. The molecule has 2 aliphatic heterocycles. The van der Waals surface area contributed by atoms with Gasteiger partial charge in [-0.1, -0.05) is 28.9 Å². The quantitative estimate of drug-likeness (QED) is 0.800. The van der Waals surface area contributed by atoms with Crippen molar-refractivity contribution in [3.05, 3.63) is 10.6 Å². The smallest absolute Gasteiger partial charge is 0.157 e. The molecule has 0 aliphatic carbocycles. The molecule has 3 nitrogen and oxygen atoms in total. The topological polar surface area (TPSA) is 21.7 Å². The highest BCUT2D eigenvalue weighted by atomic mass is 79.9. The zero-order valence-electron chi connectivity index (χ0n) is 10.7. The molecule has 0 aromatic heterocycles. The van der Waals surface area contributed by atoms with E-state index in [1.807, 2.05) is 0 Å². The lowest BCUT2D eigenvalue weighted by atomic mass is 9.99. The van der Waals surface area contributed by atoms with Gasteiger partial charge in [-0.2, -0.15) is 0 Å². The molecule has 17 heavy (non-hydrogen) atoms. The fourth-order valence-electron chi connectivity index (χ4n) is 2.58. The van der Waals surface area contributed by atoms with Crippen LogP contribution in [0.4, 0.5) is 0 Å². The highest BCUT2D eigenvalue weighted by Crippen LogP contribution is 2.28. The van der Waals surface area contributed by atoms with Crippen LogP contribution in [0.3, 0.4) is 0 Å². The Morgan fingerprint density at radius 3 is 2.71 bits per heavy atom. The Bertz CT molecular complexity index is 277. The second-order valence-corrected chi connectivity index (χ2v) is 6.00. The fourth-order valence-corrected chi connectivity index (χ4v) is 3.61. The maximum atomic E-state index is 5.59. The summed E-state index contributed by atoms with van der Waals surface area (Å²) in [4.78, 5) is 2.41. The molecule has 0 aromatic rings. The third kappa shape index (κ3) is 3.78. The van der Waals surface area contributed by atoms with Crippen LogP contribution in [0.5, 0.6) is 0 Å². The van der Waals surface area contributed by atoms with Crippen molar-refractivity contribution in [2.75, 3.05) is 26.8 Å². The molecule has 0 amide bonds. The highest BCUT2D eigenvalue weighted by Gasteiger charge is 2.25. The summed E-state index contributed by atoms with van der Waals surface area (Å²) in [5, 5.41) is 0. The van der Waals surface area contributed by atoms with E-state index in [2.05, 4.69) is 40.9 Å². The van der Waals surface area contributed by atoms with Crippen molar-refractivity contribution in [2.24, 2.45) is 5.92 Å². The number of ether oxygens (including phenoxy) is 2. The standard InChI is InChI=1S/C13H22BrNO2/c1-10-8-11(14)12(15(2)9-10)4-5-13-16-6-3-7-17-13/h8,10,12-13H,3-7,9H2,1-2H3/t10-,12-/m1/s1. The van der Waals surface area contributed by atoms with Crippen molar-refractivity contribution in [2.45, 2.75) is 38.5 Å². The van der Waals surface area contributed by atoms with Gasteiger partial charge in [0, 0.05) is 23.5 Å². The third-order valence-electron chi connectivity index (χ3n) is 3.44. The minimum absolute atomic E-state index is 0.0109. The lowest BCUT2D eigenvalue weighted by molar-refractivity contribution is -0.182. The lowest BCUT2D eigenvalue weighted by Crippen LogP contribution is -2.39. The highest BCUT2D eigenvalue weighted by molar-refractivity contribution is 9.11. The lowest BCUT2D eigenvalue weighted by Gasteiger charge is -2.35. The van der Waals surface area contributed by atoms with Crippen molar-refractivity contribution in [3.8, 4) is 0 Å². The average molecular weight is 304 g/mol. The second-order valence-electron chi connectivity index (χ2n) is 5.09. The minimum atomic E-state index is 0.0109. The van der Waals surface area contributed by atoms with E-state index in [0.29, 0.717) is 12.0 Å². The summed E-state index contributed by atoms with van der Waals surface area (Å²) in [5.41, 5.74) is 0. The van der Waals surface area contributed by atoms with Gasteiger partial charge in [-0.15, -0.1) is 0 Å². The van der Waals surface area contributed by atoms with Gasteiger partial charge in [0.05, 0.1) is 13.2 Å². The van der Waals surface area contributed by atoms with Gasteiger partial charge < -0.3 is 9.47 Å². The van der Waals surface area contributed by atoms with Crippen LogP contribution < -0.4 is 0 Å². The van der Waals surface area contributed by atoms with Crippen molar-refractivity contribution >= 4 is 15.9 Å². The Hall–Kier alpha value is 0.1000. The van der Waals surface area contributed by atoms with Gasteiger partial charge in [-0.3, -0.25) is 4.90 Å². The largest absolute Gasteiger partial charge is 0.353 e. The summed E-state index contributed by atoms with van der Waals surface area (Å²) in [6.07, 6.45) is 5.43. The summed E-state index contributed by atoms with van der Waals surface area (Å²) in [6.45, 7) is 5.08. The number of hydrogen-bond acceptors (Lipinski definition) is 3. The first-order valence-corrected chi connectivity index (χ1v) is 7.27. The summed E-state index contributed by atoms with van der Waals surface area (Å²) >= 11 is 3.70. The predicted octanol–water partition coefficient (Wildman–Crippen LogP) is 2.76. The Morgan fingerprint density at radius 2 is 2.06 bits per heavy atom. The number of hydrogen-bond donors (Lipinski definition) is 0. The summed E-state index contributed by atoms with van der Waals surface area (Å²) < 4.78 is 12.5. The van der Waals surface area contributed by atoms with E-state index >= 15 is 0 Å². The van der Waals surface area contributed by atoms with Crippen LogP contribution in [-0.4, -0.2) is 44.0 Å². The normalized spacial score (nSPS) is 32.5. The molecule has 2 atom stereocenters. The van der Waals surface area contributed by atoms with Gasteiger partial charge in [0.2, 0.25) is 0 Å². The molecule has 2 rings (SSSR count). The van der Waals surface area contributed by atoms with E-state index in [4.69, 9.17) is 9.47 Å². The van der Waals surface area contributed by atoms with Crippen molar-refractivity contribution in [1.29, 1.82) is 0 Å². The molecule has 0 aromatic carbocycles. The van der Waals surface area contributed by atoms with E-state index in [1.165, 1.54) is 4.48 Å². The SMILES string of the molecule is C[C@@H]1C=C(Br)[C@@H](CCC2OCCCO2)N(C)C1. The van der Waals surface area contributed by atoms with E-state index < -0.39 is 0 Å². The first kappa shape index (κ1) is 13.5. The summed E-state index contributed by atoms with van der Waals surface area (Å²) in [6, 6.07) is 0.486. The van der Waals surface area contributed by atoms with Crippen LogP contribution in [0.1, 0.15) is 26.2 Å². The van der Waals surface area contributed by atoms with Crippen LogP contribution in [0.15, 0.2) is 10.6 Å². The minimum Gasteiger partial charge on any atom is -0.353 e. The third-order valence-corrected chi connectivity index (χ3v) is 4.23. The zero-order chi connectivity index (χ0) is 12.3. The van der Waals surface area contributed by atoms with Gasteiger partial charge in [0.25, 0.3) is 0 Å². The molecule has 0 spiro atoms. The molecule has 0 unspecified atom stereocenters. The van der Waals surface area contributed by atoms with Gasteiger partial charge in [-0.25, -0.2) is 0 Å². The van der Waals surface area contributed by atoms with Crippen LogP contribution in [0.25, 0.3) is 0 Å². The Kier molecular flexibility index (Phi) is 5.03. The van der Waals surface area contributed by atoms with E-state index in [9.17, 15) is 0 Å². The number of likely N-dealkylation sites (N-methyl/N-ethyl adjacent to an activating group) is 1. The molecule has 2 heterocycles. The molecule has 0 radical (unpaired) electrons. The van der Waals surface area contributed by atoms with Gasteiger partial charge >= 0.3 is 0 Å². The maximum absolute atomic E-state index is 5.59. The molecule has 0 bridgehead atoms. The first-order chi connectivity index (χ1) is 8.16. The van der Waals surface area contributed by atoms with E-state index in [0.717, 1.165) is 39.0 Å². The van der Waals surface area contributed by atoms with E-state index in [1.54, 1.807) is 0 Å². The molecular formula is C13H22BrNO2. The van der Waals surface area contributed by atoms with Crippen LogP contribution in [0, 0.1) is 5.92 Å².